The lowest BCUT2D eigenvalue weighted by molar-refractivity contribution is -0.111. The van der Waals surface area contributed by atoms with E-state index in [0.717, 1.165) is 30.7 Å². The second kappa shape index (κ2) is 7.01. The lowest BCUT2D eigenvalue weighted by Crippen LogP contribution is -2.57. The van der Waals surface area contributed by atoms with Gasteiger partial charge in [0.2, 0.25) is 0 Å². The monoisotopic (exact) mass is 305 g/mol. The Morgan fingerprint density at radius 3 is 2.41 bits per heavy atom. The molecule has 0 amide bonds. The number of rotatable bonds is 6. The number of benzene rings is 1. The van der Waals surface area contributed by atoms with Crippen LogP contribution in [0.3, 0.4) is 0 Å². The predicted molar refractivity (Wildman–Crippen MR) is 90.5 cm³/mol. The fraction of sp³-hybridized carbons (Fsp3) is 0.588. The molecule has 5 nitrogen and oxygen atoms in total. The summed E-state index contributed by atoms with van der Waals surface area (Å²) in [5.74, 6) is 1.27. The molecule has 2 rings (SSSR count). The Labute approximate surface area is 132 Å². The molecule has 1 aliphatic rings. The molecule has 0 heterocycles. The van der Waals surface area contributed by atoms with Crippen LogP contribution in [0.4, 0.5) is 5.69 Å². The minimum atomic E-state index is 0.112. The molecule has 5 heteroatoms. The third-order valence-corrected chi connectivity index (χ3v) is 5.00. The summed E-state index contributed by atoms with van der Waals surface area (Å²) in [6, 6.07) is 7.85. The number of hydrogen-bond acceptors (Lipinski definition) is 3. The van der Waals surface area contributed by atoms with E-state index < -0.39 is 0 Å². The number of ether oxygens (including phenoxy) is 2. The lowest BCUT2D eigenvalue weighted by Gasteiger charge is -2.53. The van der Waals surface area contributed by atoms with Crippen LogP contribution in [0.15, 0.2) is 29.3 Å². The van der Waals surface area contributed by atoms with Crippen LogP contribution in [0.1, 0.15) is 33.1 Å². The number of nitrogens with two attached hydrogens (primary N) is 1. The molecule has 0 radical (unpaired) electrons. The standard InChI is InChI=1S/C17H27N3O2/c1-5-17(6-2)14(11-15(17)22-4)20-16(18)19-12-7-9-13(21-3)10-8-12/h7-10,14-15H,5-6,11H2,1-4H3,(H3,18,19,20). The van der Waals surface area contributed by atoms with Crippen molar-refractivity contribution in [3.63, 3.8) is 0 Å². The van der Waals surface area contributed by atoms with Gasteiger partial charge in [-0.15, -0.1) is 0 Å². The number of anilines is 1. The number of hydrogen-bond donors (Lipinski definition) is 2. The fourth-order valence-corrected chi connectivity index (χ4v) is 3.44. The van der Waals surface area contributed by atoms with Crippen LogP contribution in [-0.2, 0) is 4.74 Å². The van der Waals surface area contributed by atoms with E-state index in [0.29, 0.717) is 5.96 Å². The third kappa shape index (κ3) is 3.04. The molecule has 1 aliphatic carbocycles. The van der Waals surface area contributed by atoms with Crippen LogP contribution in [0.25, 0.3) is 0 Å². The molecule has 2 unspecified atom stereocenters. The molecule has 1 saturated carbocycles. The maximum Gasteiger partial charge on any atom is 0.193 e. The van der Waals surface area contributed by atoms with Gasteiger partial charge >= 0.3 is 0 Å². The molecular formula is C17H27N3O2. The maximum absolute atomic E-state index is 6.07. The van der Waals surface area contributed by atoms with Crippen molar-refractivity contribution >= 4 is 11.6 Å². The Morgan fingerprint density at radius 2 is 1.91 bits per heavy atom. The van der Waals surface area contributed by atoms with Crippen molar-refractivity contribution in [1.82, 2.24) is 0 Å². The Morgan fingerprint density at radius 1 is 1.27 bits per heavy atom. The summed E-state index contributed by atoms with van der Waals surface area (Å²) in [4.78, 5) is 4.69. The van der Waals surface area contributed by atoms with Crippen molar-refractivity contribution in [3.05, 3.63) is 24.3 Å². The lowest BCUT2D eigenvalue weighted by atomic mass is 9.59. The average Bonchev–Trinajstić information content (AvgIpc) is 2.53. The van der Waals surface area contributed by atoms with Crippen molar-refractivity contribution in [1.29, 1.82) is 0 Å². The van der Waals surface area contributed by atoms with Gasteiger partial charge in [0.15, 0.2) is 5.96 Å². The third-order valence-electron chi connectivity index (χ3n) is 5.00. The molecule has 0 aliphatic heterocycles. The van der Waals surface area contributed by atoms with Crippen molar-refractivity contribution in [3.8, 4) is 5.75 Å². The Balaban J connectivity index is 2.05. The fourth-order valence-electron chi connectivity index (χ4n) is 3.44. The second-order valence-electron chi connectivity index (χ2n) is 5.78. The van der Waals surface area contributed by atoms with Gasteiger partial charge in [0, 0.05) is 18.2 Å². The van der Waals surface area contributed by atoms with Crippen molar-refractivity contribution in [2.75, 3.05) is 19.5 Å². The molecule has 22 heavy (non-hydrogen) atoms. The summed E-state index contributed by atoms with van der Waals surface area (Å²) >= 11 is 0. The van der Waals surface area contributed by atoms with Crippen LogP contribution >= 0.6 is 0 Å². The average molecular weight is 305 g/mol. The van der Waals surface area contributed by atoms with E-state index >= 15 is 0 Å². The van der Waals surface area contributed by atoms with E-state index in [-0.39, 0.29) is 17.6 Å². The zero-order valence-corrected chi connectivity index (χ0v) is 13.9. The molecule has 0 bridgehead atoms. The predicted octanol–water partition coefficient (Wildman–Crippen LogP) is 3.02. The van der Waals surface area contributed by atoms with Gasteiger partial charge in [0.1, 0.15) is 5.75 Å². The topological polar surface area (TPSA) is 68.9 Å². The Kier molecular flexibility index (Phi) is 5.29. The second-order valence-corrected chi connectivity index (χ2v) is 5.78. The zero-order valence-electron chi connectivity index (χ0n) is 13.9. The highest BCUT2D eigenvalue weighted by Crippen LogP contribution is 2.50. The molecule has 122 valence electrons. The van der Waals surface area contributed by atoms with Crippen molar-refractivity contribution in [2.24, 2.45) is 16.1 Å². The largest absolute Gasteiger partial charge is 0.497 e. The molecule has 1 aromatic rings. The van der Waals surface area contributed by atoms with Crippen LogP contribution in [0.5, 0.6) is 5.75 Å². The van der Waals surface area contributed by atoms with Gasteiger partial charge < -0.3 is 20.5 Å². The maximum atomic E-state index is 6.07. The van der Waals surface area contributed by atoms with Crippen molar-refractivity contribution in [2.45, 2.75) is 45.3 Å². The first-order valence-corrected chi connectivity index (χ1v) is 7.86. The van der Waals surface area contributed by atoms with Crippen molar-refractivity contribution < 1.29 is 9.47 Å². The number of guanidine groups is 1. The van der Waals surface area contributed by atoms with Crippen LogP contribution in [-0.4, -0.2) is 32.3 Å². The van der Waals surface area contributed by atoms with Gasteiger partial charge in [-0.05, 0) is 43.5 Å². The number of nitrogens with zero attached hydrogens (tertiary/aromatic N) is 1. The summed E-state index contributed by atoms with van der Waals surface area (Å²) in [5.41, 5.74) is 7.09. The highest BCUT2D eigenvalue weighted by Gasteiger charge is 2.53. The van der Waals surface area contributed by atoms with Gasteiger partial charge in [-0.3, -0.25) is 0 Å². The van der Waals surface area contributed by atoms with Gasteiger partial charge in [0.05, 0.1) is 19.3 Å². The van der Waals surface area contributed by atoms with E-state index in [4.69, 9.17) is 15.2 Å². The summed E-state index contributed by atoms with van der Waals surface area (Å²) in [7, 11) is 3.43. The number of aliphatic imine (C=N–C) groups is 1. The minimum Gasteiger partial charge on any atom is -0.497 e. The molecule has 3 N–H and O–H groups in total. The van der Waals surface area contributed by atoms with E-state index in [1.807, 2.05) is 24.3 Å². The van der Waals surface area contributed by atoms with Gasteiger partial charge in [-0.25, -0.2) is 4.99 Å². The van der Waals surface area contributed by atoms with Gasteiger partial charge in [-0.2, -0.15) is 0 Å². The first-order chi connectivity index (χ1) is 10.6. The molecule has 0 aromatic heterocycles. The highest BCUT2D eigenvalue weighted by molar-refractivity contribution is 5.92. The van der Waals surface area contributed by atoms with E-state index in [1.165, 1.54) is 0 Å². The number of nitrogens with one attached hydrogen (secondary N) is 1. The number of methoxy groups -OCH3 is 2. The Bertz CT molecular complexity index is 509. The molecule has 1 fully saturated rings. The highest BCUT2D eigenvalue weighted by atomic mass is 16.5. The summed E-state index contributed by atoms with van der Waals surface area (Å²) in [6.45, 7) is 4.40. The molecule has 2 atom stereocenters. The van der Waals surface area contributed by atoms with E-state index in [9.17, 15) is 0 Å². The summed E-state index contributed by atoms with van der Waals surface area (Å²) in [6.07, 6.45) is 3.31. The molecule has 0 spiro atoms. The smallest absolute Gasteiger partial charge is 0.193 e. The Hall–Kier alpha value is -1.75. The van der Waals surface area contributed by atoms with Crippen LogP contribution < -0.4 is 15.8 Å². The van der Waals surface area contributed by atoms with E-state index in [1.54, 1.807) is 14.2 Å². The SMILES string of the molecule is CCC1(CC)C(N=C(N)Nc2ccc(OC)cc2)CC1OC. The summed E-state index contributed by atoms with van der Waals surface area (Å²) in [5, 5.41) is 3.14. The zero-order chi connectivity index (χ0) is 16.2. The van der Waals surface area contributed by atoms with Crippen LogP contribution in [0, 0.1) is 5.41 Å². The van der Waals surface area contributed by atoms with Gasteiger partial charge in [-0.1, -0.05) is 13.8 Å². The normalized spacial score (nSPS) is 23.7. The molecular weight excluding hydrogens is 278 g/mol. The minimum absolute atomic E-state index is 0.112. The van der Waals surface area contributed by atoms with E-state index in [2.05, 4.69) is 24.2 Å². The van der Waals surface area contributed by atoms with Gasteiger partial charge in [0.25, 0.3) is 0 Å². The molecule has 0 saturated heterocycles. The quantitative estimate of drug-likeness (QED) is 0.626. The summed E-state index contributed by atoms with van der Waals surface area (Å²) < 4.78 is 10.7. The first kappa shape index (κ1) is 16.6. The molecule has 1 aromatic carbocycles. The first-order valence-electron chi connectivity index (χ1n) is 7.86. The van der Waals surface area contributed by atoms with Crippen LogP contribution in [0.2, 0.25) is 0 Å².